The maximum Gasteiger partial charge on any atom is 0.248 e. The molecule has 148 valence electrons. The van der Waals surface area contributed by atoms with Crippen molar-refractivity contribution in [3.63, 3.8) is 0 Å². The molecule has 2 aliphatic rings. The lowest BCUT2D eigenvalue weighted by Crippen LogP contribution is -2.52. The van der Waals surface area contributed by atoms with Crippen molar-refractivity contribution in [3.05, 3.63) is 52.8 Å². The summed E-state index contributed by atoms with van der Waals surface area (Å²) in [5.74, 6) is 0.276. The number of aliphatic hydroxyl groups is 1. The highest BCUT2D eigenvalue weighted by atomic mass is 35.5. The van der Waals surface area contributed by atoms with Crippen molar-refractivity contribution in [2.24, 2.45) is 17.6 Å². The number of pyridine rings is 1. The number of primary amides is 1. The largest absolute Gasteiger partial charge is 0.377 e. The number of aliphatic hydroxyl groups excluding tert-OH is 1. The molecular formula is C21H25ClN4O2. The second kappa shape index (κ2) is 7.26. The second-order valence-electron chi connectivity index (χ2n) is 7.88. The average molecular weight is 401 g/mol. The number of nitrogens with one attached hydrogen (secondary N) is 1. The van der Waals surface area contributed by atoms with Gasteiger partial charge in [0.05, 0.1) is 22.9 Å². The van der Waals surface area contributed by atoms with E-state index in [1.54, 1.807) is 25.4 Å². The molecule has 2 aromatic rings. The summed E-state index contributed by atoms with van der Waals surface area (Å²) in [6.07, 6.45) is 5.04. The SMILES string of the molecule is CC(O)N1c2ccc(C(N)=O)cc2[C@H](Nc2cncc(Cl)c2)[C@@H](C)[C@@H]1C1CC1. The second-order valence-corrected chi connectivity index (χ2v) is 8.31. The van der Waals surface area contributed by atoms with Crippen molar-refractivity contribution in [2.75, 3.05) is 10.2 Å². The van der Waals surface area contributed by atoms with Gasteiger partial charge in [-0.1, -0.05) is 18.5 Å². The summed E-state index contributed by atoms with van der Waals surface area (Å²) in [6, 6.07) is 7.45. The molecule has 4 N–H and O–H groups in total. The Morgan fingerprint density at radius 3 is 2.71 bits per heavy atom. The lowest BCUT2D eigenvalue weighted by molar-refractivity contribution is 0.1000. The van der Waals surface area contributed by atoms with Crippen LogP contribution in [0.15, 0.2) is 36.7 Å². The van der Waals surface area contributed by atoms with Crippen LogP contribution in [0.4, 0.5) is 11.4 Å². The van der Waals surface area contributed by atoms with Crippen LogP contribution in [0, 0.1) is 11.8 Å². The summed E-state index contributed by atoms with van der Waals surface area (Å²) in [7, 11) is 0. The number of hydrogen-bond acceptors (Lipinski definition) is 5. The first kappa shape index (κ1) is 19.0. The number of aromatic nitrogens is 1. The number of nitrogens with zero attached hydrogens (tertiary/aromatic N) is 2. The van der Waals surface area contributed by atoms with Gasteiger partial charge in [0.25, 0.3) is 0 Å². The fourth-order valence-electron chi connectivity index (χ4n) is 4.51. The van der Waals surface area contributed by atoms with Gasteiger partial charge in [-0.3, -0.25) is 9.78 Å². The molecule has 1 aromatic carbocycles. The first-order valence-electron chi connectivity index (χ1n) is 9.64. The number of halogens is 1. The Balaban J connectivity index is 1.82. The van der Waals surface area contributed by atoms with E-state index >= 15 is 0 Å². The van der Waals surface area contributed by atoms with E-state index in [9.17, 15) is 9.90 Å². The molecule has 4 atom stereocenters. The number of fused-ring (bicyclic) bond motifs is 1. The zero-order chi connectivity index (χ0) is 20.0. The van der Waals surface area contributed by atoms with Crippen LogP contribution >= 0.6 is 11.6 Å². The van der Waals surface area contributed by atoms with Crippen LogP contribution in [0.1, 0.15) is 48.7 Å². The zero-order valence-corrected chi connectivity index (χ0v) is 16.7. The minimum Gasteiger partial charge on any atom is -0.377 e. The number of benzene rings is 1. The Hall–Kier alpha value is -2.31. The smallest absolute Gasteiger partial charge is 0.248 e. The van der Waals surface area contributed by atoms with Crippen LogP contribution in [0.25, 0.3) is 0 Å². The lowest BCUT2D eigenvalue weighted by Gasteiger charge is -2.48. The van der Waals surface area contributed by atoms with Crippen molar-refractivity contribution in [1.29, 1.82) is 0 Å². The van der Waals surface area contributed by atoms with Gasteiger partial charge in [-0.25, -0.2) is 0 Å². The molecule has 28 heavy (non-hydrogen) atoms. The fourth-order valence-corrected chi connectivity index (χ4v) is 4.68. The standard InChI is InChI=1S/C21H25ClN4O2/c1-11-19(25-16-8-15(22)9-24-10-16)17-7-14(21(23)28)5-6-18(17)26(12(2)27)20(11)13-3-4-13/h5-13,19-20,25,27H,3-4H2,1-2H3,(H2,23,28)/t11-,12?,19-,20-/m1/s1. The number of hydrogen-bond donors (Lipinski definition) is 3. The summed E-state index contributed by atoms with van der Waals surface area (Å²) in [4.78, 5) is 18.0. The van der Waals surface area contributed by atoms with Gasteiger partial charge in [0.15, 0.2) is 0 Å². The molecule has 1 aliphatic carbocycles. The van der Waals surface area contributed by atoms with Gasteiger partial charge in [0.1, 0.15) is 6.23 Å². The zero-order valence-electron chi connectivity index (χ0n) is 16.0. The van der Waals surface area contributed by atoms with E-state index in [2.05, 4.69) is 22.1 Å². The molecule has 7 heteroatoms. The fraction of sp³-hybridized carbons (Fsp3) is 0.429. The van der Waals surface area contributed by atoms with E-state index < -0.39 is 12.1 Å². The lowest BCUT2D eigenvalue weighted by atomic mass is 9.79. The van der Waals surface area contributed by atoms with E-state index in [1.165, 1.54) is 12.8 Å². The van der Waals surface area contributed by atoms with Gasteiger partial charge in [-0.15, -0.1) is 0 Å². The highest BCUT2D eigenvalue weighted by Crippen LogP contribution is 2.50. The predicted octanol–water partition coefficient (Wildman–Crippen LogP) is 3.56. The third-order valence-corrected chi connectivity index (χ3v) is 6.05. The van der Waals surface area contributed by atoms with E-state index in [0.717, 1.165) is 16.9 Å². The molecule has 6 nitrogen and oxygen atoms in total. The van der Waals surface area contributed by atoms with Gasteiger partial charge >= 0.3 is 0 Å². The summed E-state index contributed by atoms with van der Waals surface area (Å²) in [5, 5.41) is 14.7. The van der Waals surface area contributed by atoms with Gasteiger partial charge < -0.3 is 21.1 Å². The average Bonchev–Trinajstić information content (AvgIpc) is 3.47. The minimum absolute atomic E-state index is 0.0600. The molecule has 4 rings (SSSR count). The molecule has 1 amide bonds. The molecule has 0 spiro atoms. The van der Waals surface area contributed by atoms with Crippen molar-refractivity contribution < 1.29 is 9.90 Å². The predicted molar refractivity (Wildman–Crippen MR) is 110 cm³/mol. The molecule has 1 aliphatic heterocycles. The van der Waals surface area contributed by atoms with Crippen LogP contribution < -0.4 is 16.0 Å². The molecule has 1 aromatic heterocycles. The van der Waals surface area contributed by atoms with E-state index in [0.29, 0.717) is 16.5 Å². The first-order valence-corrected chi connectivity index (χ1v) is 10.0. The van der Waals surface area contributed by atoms with Gasteiger partial charge in [0, 0.05) is 29.4 Å². The molecule has 0 saturated heterocycles. The van der Waals surface area contributed by atoms with E-state index in [4.69, 9.17) is 17.3 Å². The normalized spacial score (nSPS) is 25.1. The quantitative estimate of drug-likeness (QED) is 0.713. The Labute approximate surface area is 169 Å². The van der Waals surface area contributed by atoms with Gasteiger partial charge in [-0.05, 0) is 55.5 Å². The van der Waals surface area contributed by atoms with Crippen molar-refractivity contribution in [2.45, 2.75) is 45.0 Å². The molecule has 0 bridgehead atoms. The first-order chi connectivity index (χ1) is 13.4. The van der Waals surface area contributed by atoms with Crippen molar-refractivity contribution in [3.8, 4) is 0 Å². The number of carbonyl (C=O) groups excluding carboxylic acids is 1. The monoisotopic (exact) mass is 400 g/mol. The Kier molecular flexibility index (Phi) is 4.93. The van der Waals surface area contributed by atoms with Crippen molar-refractivity contribution >= 4 is 28.9 Å². The highest BCUT2D eigenvalue weighted by Gasteiger charge is 2.47. The maximum atomic E-state index is 11.8. The van der Waals surface area contributed by atoms with Crippen LogP contribution in [0.2, 0.25) is 5.02 Å². The van der Waals surface area contributed by atoms with Crippen LogP contribution in [-0.2, 0) is 0 Å². The Morgan fingerprint density at radius 1 is 1.36 bits per heavy atom. The molecule has 0 radical (unpaired) electrons. The third kappa shape index (κ3) is 3.42. The van der Waals surface area contributed by atoms with Gasteiger partial charge in [0.2, 0.25) is 5.91 Å². The number of carbonyl (C=O) groups is 1. The Bertz CT molecular complexity index is 900. The number of anilines is 2. The molecule has 1 unspecified atom stereocenters. The highest BCUT2D eigenvalue weighted by molar-refractivity contribution is 6.30. The number of amides is 1. The third-order valence-electron chi connectivity index (χ3n) is 5.85. The Morgan fingerprint density at radius 2 is 2.11 bits per heavy atom. The number of nitrogens with two attached hydrogens (primary N) is 1. The number of rotatable bonds is 5. The molecule has 1 saturated carbocycles. The van der Waals surface area contributed by atoms with Gasteiger partial charge in [-0.2, -0.15) is 0 Å². The van der Waals surface area contributed by atoms with E-state index in [1.807, 2.05) is 18.2 Å². The maximum absolute atomic E-state index is 11.8. The summed E-state index contributed by atoms with van der Waals surface area (Å²) in [6.45, 7) is 3.98. The molecular weight excluding hydrogens is 376 g/mol. The molecule has 2 heterocycles. The summed E-state index contributed by atoms with van der Waals surface area (Å²) in [5.41, 5.74) is 8.68. The van der Waals surface area contributed by atoms with Crippen molar-refractivity contribution in [1.82, 2.24) is 4.98 Å². The van der Waals surface area contributed by atoms with Crippen LogP contribution in [-0.4, -0.2) is 28.3 Å². The summed E-state index contributed by atoms with van der Waals surface area (Å²) >= 11 is 6.11. The van der Waals surface area contributed by atoms with Crippen LogP contribution in [0.5, 0.6) is 0 Å². The molecule has 1 fully saturated rings. The summed E-state index contributed by atoms with van der Waals surface area (Å²) < 4.78 is 0. The minimum atomic E-state index is -0.625. The van der Waals surface area contributed by atoms with Crippen LogP contribution in [0.3, 0.4) is 0 Å². The topological polar surface area (TPSA) is 91.5 Å². The van der Waals surface area contributed by atoms with E-state index in [-0.39, 0.29) is 18.0 Å².